The van der Waals surface area contributed by atoms with E-state index in [0.717, 1.165) is 25.7 Å². The van der Waals surface area contributed by atoms with E-state index in [4.69, 9.17) is 0 Å². The molecule has 4 aliphatic carbocycles. The minimum absolute atomic E-state index is 0.0384. The summed E-state index contributed by atoms with van der Waals surface area (Å²) in [4.78, 5) is 13.3. The zero-order valence-corrected chi connectivity index (χ0v) is 21.2. The molecular weight excluding hydrogens is 416 g/mol. The Hall–Kier alpha value is -0.750. The number of aliphatic hydroxyl groups is 4. The van der Waals surface area contributed by atoms with Gasteiger partial charge in [0.05, 0.1) is 18.3 Å². The molecule has 33 heavy (non-hydrogen) atoms. The number of hydrogen-bond donors (Lipinski definition) is 4. The molecule has 0 aromatic heterocycles. The topological polar surface area (TPSA) is 98.0 Å². The fourth-order valence-electron chi connectivity index (χ4n) is 9.06. The van der Waals surface area contributed by atoms with Crippen molar-refractivity contribution < 1.29 is 25.2 Å². The van der Waals surface area contributed by atoms with Crippen molar-refractivity contribution in [3.8, 4) is 0 Å². The average Bonchev–Trinajstić information content (AvgIpc) is 3.10. The molecule has 0 aliphatic heterocycles. The summed E-state index contributed by atoms with van der Waals surface area (Å²) in [5.41, 5.74) is 0.484. The van der Waals surface area contributed by atoms with Crippen LogP contribution in [-0.4, -0.2) is 50.6 Å². The maximum atomic E-state index is 13.3. The molecule has 0 aromatic rings. The predicted molar refractivity (Wildman–Crippen MR) is 128 cm³/mol. The third kappa shape index (κ3) is 3.86. The molecule has 12 atom stereocenters. The van der Waals surface area contributed by atoms with Crippen molar-refractivity contribution in [3.05, 3.63) is 12.2 Å². The van der Waals surface area contributed by atoms with Crippen molar-refractivity contribution >= 4 is 5.78 Å². The molecule has 0 radical (unpaired) electrons. The quantitative estimate of drug-likeness (QED) is 0.467. The number of ketones is 1. The van der Waals surface area contributed by atoms with E-state index in [0.29, 0.717) is 48.5 Å². The van der Waals surface area contributed by atoms with Crippen LogP contribution in [0.15, 0.2) is 12.2 Å². The first-order valence-electron chi connectivity index (χ1n) is 13.3. The minimum atomic E-state index is -0.912. The highest BCUT2D eigenvalue weighted by Gasteiger charge is 2.63. The number of carbonyl (C=O) groups is 1. The van der Waals surface area contributed by atoms with Crippen LogP contribution in [0.3, 0.4) is 0 Å². The summed E-state index contributed by atoms with van der Waals surface area (Å²) >= 11 is 0. The van der Waals surface area contributed by atoms with Gasteiger partial charge in [0.2, 0.25) is 0 Å². The van der Waals surface area contributed by atoms with Gasteiger partial charge >= 0.3 is 0 Å². The van der Waals surface area contributed by atoms with Crippen molar-refractivity contribution in [1.29, 1.82) is 0 Å². The highest BCUT2D eigenvalue weighted by molar-refractivity contribution is 5.83. The van der Waals surface area contributed by atoms with Crippen LogP contribution in [0.5, 0.6) is 0 Å². The van der Waals surface area contributed by atoms with E-state index in [1.54, 1.807) is 0 Å². The summed E-state index contributed by atoms with van der Waals surface area (Å²) in [5, 5.41) is 42.6. The summed E-state index contributed by atoms with van der Waals surface area (Å²) in [7, 11) is 0. The average molecular weight is 463 g/mol. The Morgan fingerprint density at radius 2 is 1.64 bits per heavy atom. The number of rotatable bonds is 5. The molecular formula is C28H46O5. The van der Waals surface area contributed by atoms with Crippen LogP contribution < -0.4 is 0 Å². The number of Topliss-reactive ketones (excluding diaryl/α,β-unsaturated/α-hetero) is 1. The lowest BCUT2D eigenvalue weighted by Gasteiger charge is -2.61. The zero-order valence-electron chi connectivity index (χ0n) is 21.2. The molecule has 4 fully saturated rings. The van der Waals surface area contributed by atoms with Crippen molar-refractivity contribution in [3.63, 3.8) is 0 Å². The molecule has 0 bridgehead atoms. The molecule has 0 spiro atoms. The predicted octanol–water partition coefficient (Wildman–Crippen LogP) is 3.73. The van der Waals surface area contributed by atoms with E-state index >= 15 is 0 Å². The Morgan fingerprint density at radius 1 is 1.00 bits per heavy atom. The van der Waals surface area contributed by atoms with Crippen LogP contribution in [-0.2, 0) is 4.79 Å². The zero-order chi connectivity index (χ0) is 24.5. The molecule has 188 valence electrons. The lowest BCUT2D eigenvalue weighted by Crippen LogP contribution is -2.59. The summed E-state index contributed by atoms with van der Waals surface area (Å²) < 4.78 is 0. The van der Waals surface area contributed by atoms with Gasteiger partial charge in [0, 0.05) is 12.3 Å². The van der Waals surface area contributed by atoms with E-state index in [1.165, 1.54) is 0 Å². The number of aliphatic hydroxyl groups excluding tert-OH is 4. The fourth-order valence-corrected chi connectivity index (χ4v) is 9.06. The monoisotopic (exact) mass is 462 g/mol. The van der Waals surface area contributed by atoms with Gasteiger partial charge in [-0.3, -0.25) is 4.79 Å². The highest BCUT2D eigenvalue weighted by atomic mass is 16.3. The van der Waals surface area contributed by atoms with Gasteiger partial charge in [0.1, 0.15) is 11.9 Å². The summed E-state index contributed by atoms with van der Waals surface area (Å²) in [6, 6.07) is 0. The summed E-state index contributed by atoms with van der Waals surface area (Å²) in [6.07, 6.45) is 2.37. The third-order valence-corrected chi connectivity index (χ3v) is 11.2. The van der Waals surface area contributed by atoms with E-state index in [1.807, 2.05) is 13.8 Å². The third-order valence-electron chi connectivity index (χ3n) is 11.2. The molecule has 4 aliphatic rings. The molecule has 0 amide bonds. The van der Waals surface area contributed by atoms with Gasteiger partial charge in [0.15, 0.2) is 0 Å². The molecule has 4 N–H and O–H groups in total. The van der Waals surface area contributed by atoms with E-state index in [-0.39, 0.29) is 34.4 Å². The van der Waals surface area contributed by atoms with Crippen molar-refractivity contribution in [1.82, 2.24) is 0 Å². The molecule has 6 unspecified atom stereocenters. The van der Waals surface area contributed by atoms with E-state index in [9.17, 15) is 25.2 Å². The van der Waals surface area contributed by atoms with Crippen LogP contribution in [0, 0.1) is 52.3 Å². The maximum Gasteiger partial charge on any atom is 0.136 e. The minimum Gasteiger partial charge on any atom is -0.390 e. The van der Waals surface area contributed by atoms with Gasteiger partial charge < -0.3 is 20.4 Å². The van der Waals surface area contributed by atoms with Gasteiger partial charge in [0.25, 0.3) is 0 Å². The number of carbonyl (C=O) groups excluding carboxylic acids is 1. The van der Waals surface area contributed by atoms with Crippen LogP contribution in [0.1, 0.15) is 79.6 Å². The van der Waals surface area contributed by atoms with Crippen LogP contribution >= 0.6 is 0 Å². The lowest BCUT2D eigenvalue weighted by molar-refractivity contribution is -0.174. The van der Waals surface area contributed by atoms with E-state index < -0.39 is 24.4 Å². The Kier molecular flexibility index (Phi) is 6.70. The van der Waals surface area contributed by atoms with Crippen molar-refractivity contribution in [2.24, 2.45) is 52.3 Å². The highest BCUT2D eigenvalue weighted by Crippen LogP contribution is 2.67. The fraction of sp³-hybridized carbons (Fsp3) is 0.893. The first-order chi connectivity index (χ1) is 15.3. The SMILES string of the molecule is C=C(C(C)C)[C@@H](O)[C@H](O)[C@@H](C)[C@H]1CCC2C3CC(=O)C4C[C@H](O)[C@H](O)CC4(C)C3CCC21C. The molecule has 5 nitrogen and oxygen atoms in total. The van der Waals surface area contributed by atoms with Crippen LogP contribution in [0.25, 0.3) is 0 Å². The Bertz CT molecular complexity index is 778. The largest absolute Gasteiger partial charge is 0.390 e. The number of fused-ring (bicyclic) bond motifs is 5. The van der Waals surface area contributed by atoms with Gasteiger partial charge in [-0.15, -0.1) is 0 Å². The smallest absolute Gasteiger partial charge is 0.136 e. The van der Waals surface area contributed by atoms with Crippen LogP contribution in [0.2, 0.25) is 0 Å². The van der Waals surface area contributed by atoms with Gasteiger partial charge in [-0.25, -0.2) is 0 Å². The molecule has 4 rings (SSSR count). The summed E-state index contributed by atoms with van der Waals surface area (Å²) in [6.45, 7) is 14.6. The molecule has 4 saturated carbocycles. The Balaban J connectivity index is 1.56. The second kappa shape index (κ2) is 8.72. The van der Waals surface area contributed by atoms with Gasteiger partial charge in [-0.05, 0) is 90.4 Å². The van der Waals surface area contributed by atoms with Crippen molar-refractivity contribution in [2.45, 2.75) is 104 Å². The van der Waals surface area contributed by atoms with Crippen molar-refractivity contribution in [2.75, 3.05) is 0 Å². The molecule has 0 aromatic carbocycles. The van der Waals surface area contributed by atoms with Crippen LogP contribution in [0.4, 0.5) is 0 Å². The van der Waals surface area contributed by atoms with E-state index in [2.05, 4.69) is 27.4 Å². The first kappa shape index (κ1) is 25.3. The first-order valence-corrected chi connectivity index (χ1v) is 13.3. The second-order valence-electron chi connectivity index (χ2n) is 12.9. The molecule has 5 heteroatoms. The standard InChI is InChI=1S/C28H46O5/c1-14(2)15(3)25(32)26(33)16(4)18-7-8-19-17-11-22(29)21-12-23(30)24(31)13-28(21,6)20(17)9-10-27(18,19)5/h14,16-21,23-26,30-33H,3,7-13H2,1-2,4-6H3/t16-,17?,18+,19?,20?,21?,23-,24+,25+,26+,27?,28?/m0/s1. The van der Waals surface area contributed by atoms with Gasteiger partial charge in [-0.1, -0.05) is 41.2 Å². The van der Waals surface area contributed by atoms with Gasteiger partial charge in [-0.2, -0.15) is 0 Å². The number of hydrogen-bond acceptors (Lipinski definition) is 5. The maximum absolute atomic E-state index is 13.3. The normalized spacial score (nSPS) is 47.9. The summed E-state index contributed by atoms with van der Waals surface area (Å²) in [5.74, 6) is 1.63. The Labute approximate surface area is 199 Å². The Morgan fingerprint density at radius 3 is 2.27 bits per heavy atom. The lowest BCUT2D eigenvalue weighted by atomic mass is 9.44. The second-order valence-corrected chi connectivity index (χ2v) is 12.9. The molecule has 0 heterocycles. The molecule has 0 saturated heterocycles.